The zero-order valence-corrected chi connectivity index (χ0v) is 26.9. The van der Waals surface area contributed by atoms with Crippen LogP contribution in [0.15, 0.2) is 12.1 Å². The highest BCUT2D eigenvalue weighted by atomic mass is 19.1. The number of amides is 4. The largest absolute Gasteiger partial charge is 0.449 e. The molecule has 3 rings (SSSR count). The fraction of sp³-hybridized carbons (Fsp3) is 0.500. The van der Waals surface area contributed by atoms with Crippen LogP contribution in [0.25, 0.3) is 11.6 Å². The number of nitrogens with one attached hydrogen (secondary N) is 3. The van der Waals surface area contributed by atoms with Crippen LogP contribution in [-0.4, -0.2) is 72.3 Å². The number of halogens is 1. The molecule has 0 saturated carbocycles. The second-order valence-corrected chi connectivity index (χ2v) is 11.6. The average molecular weight is 614 g/mol. The van der Waals surface area contributed by atoms with Gasteiger partial charge in [-0.15, -0.1) is 0 Å². The Morgan fingerprint density at radius 2 is 1.80 bits per heavy atom. The molecule has 3 N–H and O–H groups in total. The van der Waals surface area contributed by atoms with Gasteiger partial charge in [0.25, 0.3) is 11.8 Å². The molecule has 1 aliphatic rings. The maximum absolute atomic E-state index is 15.3. The van der Waals surface area contributed by atoms with Gasteiger partial charge < -0.3 is 24.7 Å². The first-order valence-electron chi connectivity index (χ1n) is 15.0. The molecular weight excluding hydrogens is 569 g/mol. The first-order chi connectivity index (χ1) is 20.7. The Morgan fingerprint density at radius 3 is 2.41 bits per heavy atom. The minimum atomic E-state index is -0.934. The van der Waals surface area contributed by atoms with Crippen molar-refractivity contribution in [1.82, 2.24) is 15.2 Å². The lowest BCUT2D eigenvalue weighted by molar-refractivity contribution is -0.112. The summed E-state index contributed by atoms with van der Waals surface area (Å²) in [6.07, 6.45) is 0.968. The number of hydrogen-bond acceptors (Lipinski definition) is 7. The third-order valence-electron chi connectivity index (χ3n) is 7.21. The van der Waals surface area contributed by atoms with Gasteiger partial charge in [0, 0.05) is 30.0 Å². The SMILES string of the molecule is CCCCOC(=O)N1C(=O)/C(=C\c2[nH]c(C)c(C(=O)NCCN(CC)CC)c2C)c2c1ccc(F)c2NC(=O)OC(C)(C)C. The van der Waals surface area contributed by atoms with E-state index in [9.17, 15) is 19.2 Å². The Morgan fingerprint density at radius 1 is 1.11 bits per heavy atom. The summed E-state index contributed by atoms with van der Waals surface area (Å²) in [5.41, 5.74) is 0.739. The van der Waals surface area contributed by atoms with Crippen LogP contribution >= 0.6 is 0 Å². The van der Waals surface area contributed by atoms with Gasteiger partial charge in [-0.2, -0.15) is 0 Å². The number of anilines is 2. The summed E-state index contributed by atoms with van der Waals surface area (Å²) in [6, 6.07) is 2.34. The molecule has 2 aromatic rings. The highest BCUT2D eigenvalue weighted by Crippen LogP contribution is 2.44. The molecule has 1 aromatic carbocycles. The summed E-state index contributed by atoms with van der Waals surface area (Å²) in [4.78, 5) is 58.9. The predicted octanol–water partition coefficient (Wildman–Crippen LogP) is 6.01. The van der Waals surface area contributed by atoms with E-state index in [1.54, 1.807) is 34.6 Å². The Hall–Kier alpha value is -4.19. The number of fused-ring (bicyclic) bond motifs is 1. The number of aryl methyl sites for hydroxylation is 1. The second-order valence-electron chi connectivity index (χ2n) is 11.6. The molecule has 0 radical (unpaired) electrons. The first kappa shape index (κ1) is 34.3. The monoisotopic (exact) mass is 613 g/mol. The molecular formula is C32H44FN5O6. The number of benzene rings is 1. The number of carbonyl (C=O) groups is 4. The Balaban J connectivity index is 2.08. The molecule has 4 amide bonds. The first-order valence-corrected chi connectivity index (χ1v) is 15.0. The predicted molar refractivity (Wildman–Crippen MR) is 168 cm³/mol. The fourth-order valence-electron chi connectivity index (χ4n) is 4.93. The maximum Gasteiger partial charge on any atom is 0.421 e. The quantitative estimate of drug-likeness (QED) is 0.209. The van der Waals surface area contributed by atoms with Gasteiger partial charge in [0.2, 0.25) is 0 Å². The summed E-state index contributed by atoms with van der Waals surface area (Å²) < 4.78 is 26.0. The number of nitrogens with zero attached hydrogens (tertiary/aromatic N) is 2. The minimum absolute atomic E-state index is 0.00909. The molecule has 240 valence electrons. The molecule has 11 nitrogen and oxygen atoms in total. The summed E-state index contributed by atoms with van der Waals surface area (Å²) in [5.74, 6) is -1.87. The molecule has 0 unspecified atom stereocenters. The van der Waals surface area contributed by atoms with Crippen molar-refractivity contribution in [1.29, 1.82) is 0 Å². The van der Waals surface area contributed by atoms with E-state index in [-0.39, 0.29) is 35.0 Å². The lowest BCUT2D eigenvalue weighted by Crippen LogP contribution is -2.35. The van der Waals surface area contributed by atoms with Gasteiger partial charge in [-0.3, -0.25) is 14.9 Å². The van der Waals surface area contributed by atoms with E-state index in [2.05, 4.69) is 34.4 Å². The van der Waals surface area contributed by atoms with E-state index < -0.39 is 29.5 Å². The molecule has 12 heteroatoms. The number of imide groups is 1. The summed E-state index contributed by atoms with van der Waals surface area (Å²) in [7, 11) is 0. The van der Waals surface area contributed by atoms with Crippen LogP contribution < -0.4 is 15.5 Å². The molecule has 0 saturated heterocycles. The van der Waals surface area contributed by atoms with Crippen LogP contribution in [0, 0.1) is 19.7 Å². The zero-order valence-electron chi connectivity index (χ0n) is 26.9. The van der Waals surface area contributed by atoms with Crippen molar-refractivity contribution in [2.75, 3.05) is 43.0 Å². The second kappa shape index (κ2) is 14.5. The number of aromatic amines is 1. The number of unbranched alkanes of at least 4 members (excludes halogenated alkanes) is 1. The van der Waals surface area contributed by atoms with Gasteiger partial charge in [-0.1, -0.05) is 27.2 Å². The van der Waals surface area contributed by atoms with Gasteiger partial charge in [0.1, 0.15) is 11.4 Å². The lowest BCUT2D eigenvalue weighted by atomic mass is 10.0. The number of aromatic nitrogens is 1. The molecule has 0 aliphatic carbocycles. The smallest absolute Gasteiger partial charge is 0.421 e. The fourth-order valence-corrected chi connectivity index (χ4v) is 4.93. The molecule has 2 heterocycles. The maximum atomic E-state index is 15.3. The summed E-state index contributed by atoms with van der Waals surface area (Å²) in [6.45, 7) is 17.5. The molecule has 0 fully saturated rings. The molecule has 0 atom stereocenters. The Labute approximate surface area is 258 Å². The van der Waals surface area contributed by atoms with Crippen molar-refractivity contribution in [3.05, 3.63) is 46.0 Å². The van der Waals surface area contributed by atoms with Crippen LogP contribution in [-0.2, 0) is 14.3 Å². The normalized spacial score (nSPS) is 13.8. The van der Waals surface area contributed by atoms with E-state index in [1.807, 2.05) is 6.92 Å². The third kappa shape index (κ3) is 7.85. The number of rotatable bonds is 11. The van der Waals surface area contributed by atoms with Crippen LogP contribution in [0.2, 0.25) is 0 Å². The van der Waals surface area contributed by atoms with Gasteiger partial charge in [-0.25, -0.2) is 18.9 Å². The van der Waals surface area contributed by atoms with Crippen LogP contribution in [0.1, 0.15) is 87.3 Å². The number of ether oxygens (including phenoxy) is 2. The van der Waals surface area contributed by atoms with Crippen molar-refractivity contribution in [2.45, 2.75) is 73.8 Å². The summed E-state index contributed by atoms with van der Waals surface area (Å²) in [5, 5.41) is 5.37. The number of likely N-dealkylation sites (N-methyl/N-ethyl adjacent to an activating group) is 1. The zero-order chi connectivity index (χ0) is 32.8. The van der Waals surface area contributed by atoms with E-state index in [0.29, 0.717) is 42.0 Å². The van der Waals surface area contributed by atoms with Crippen molar-refractivity contribution in [3.8, 4) is 0 Å². The Bertz CT molecular complexity index is 1440. The number of carbonyl (C=O) groups excluding carboxylic acids is 4. The van der Waals surface area contributed by atoms with E-state index >= 15 is 4.39 Å². The lowest BCUT2D eigenvalue weighted by Gasteiger charge is -2.21. The van der Waals surface area contributed by atoms with Crippen LogP contribution in [0.4, 0.5) is 25.4 Å². The van der Waals surface area contributed by atoms with Crippen molar-refractivity contribution < 1.29 is 33.0 Å². The average Bonchev–Trinajstić information content (AvgIpc) is 3.38. The van der Waals surface area contributed by atoms with Crippen LogP contribution in [0.5, 0.6) is 0 Å². The standard InChI is InChI=1S/C32H44FN5O6/c1-9-12-17-43-31(42)38-24-14-13-22(33)27(36-30(41)44-32(6,7)8)26(24)21(29(38)40)18-23-19(4)25(20(5)35-23)28(39)34-15-16-37(10-2)11-3/h13-14,18,35H,9-12,15-17H2,1-8H3,(H,34,39)(H,36,41)/b21-18-. The topological polar surface area (TPSA) is 133 Å². The van der Waals surface area contributed by atoms with Crippen LogP contribution in [0.3, 0.4) is 0 Å². The van der Waals surface area contributed by atoms with Gasteiger partial charge in [-0.05, 0) is 77.9 Å². The molecule has 44 heavy (non-hydrogen) atoms. The van der Waals surface area contributed by atoms with E-state index in [4.69, 9.17) is 9.47 Å². The van der Waals surface area contributed by atoms with Crippen molar-refractivity contribution in [2.24, 2.45) is 0 Å². The van der Waals surface area contributed by atoms with Gasteiger partial charge in [0.15, 0.2) is 0 Å². The Kier molecular flexibility index (Phi) is 11.3. The van der Waals surface area contributed by atoms with E-state index in [0.717, 1.165) is 30.5 Å². The van der Waals surface area contributed by atoms with Gasteiger partial charge in [0.05, 0.1) is 29.1 Å². The summed E-state index contributed by atoms with van der Waals surface area (Å²) >= 11 is 0. The van der Waals surface area contributed by atoms with Gasteiger partial charge >= 0.3 is 12.2 Å². The highest BCUT2D eigenvalue weighted by molar-refractivity contribution is 6.42. The van der Waals surface area contributed by atoms with E-state index in [1.165, 1.54) is 12.1 Å². The molecule has 1 aliphatic heterocycles. The van der Waals surface area contributed by atoms with Crippen molar-refractivity contribution >= 4 is 47.0 Å². The third-order valence-corrected chi connectivity index (χ3v) is 7.21. The molecule has 1 aromatic heterocycles. The minimum Gasteiger partial charge on any atom is -0.449 e. The number of H-pyrrole nitrogens is 1. The highest BCUT2D eigenvalue weighted by Gasteiger charge is 2.41. The van der Waals surface area contributed by atoms with Crippen molar-refractivity contribution in [3.63, 3.8) is 0 Å². The molecule has 0 spiro atoms. The molecule has 0 bridgehead atoms. The number of hydrogen-bond donors (Lipinski definition) is 3.